The van der Waals surface area contributed by atoms with E-state index < -0.39 is 6.04 Å². The summed E-state index contributed by atoms with van der Waals surface area (Å²) in [6.07, 6.45) is 10.8. The second-order valence-electron chi connectivity index (χ2n) is 13.6. The molecule has 0 spiro atoms. The molecule has 1 aromatic heterocycles. The van der Waals surface area contributed by atoms with E-state index in [9.17, 15) is 9.59 Å². The highest BCUT2D eigenvalue weighted by molar-refractivity contribution is 5.99. The first-order chi connectivity index (χ1) is 21.9. The molecule has 1 saturated heterocycles. The van der Waals surface area contributed by atoms with Crippen molar-refractivity contribution in [2.75, 3.05) is 52.2 Å². The number of benzene rings is 2. The molecule has 45 heavy (non-hydrogen) atoms. The number of anilines is 1. The average Bonchev–Trinajstić information content (AvgIpc) is 3.79. The normalized spacial score (nSPS) is 19.4. The number of fused-ring (bicyclic) bond motifs is 1. The Balaban J connectivity index is 1.21. The van der Waals surface area contributed by atoms with Gasteiger partial charge in [0.2, 0.25) is 5.91 Å². The van der Waals surface area contributed by atoms with Crippen molar-refractivity contribution in [3.05, 3.63) is 59.8 Å². The van der Waals surface area contributed by atoms with Gasteiger partial charge in [-0.05, 0) is 75.0 Å². The number of ether oxygens (including phenoxy) is 1. The molecule has 1 aliphatic heterocycles. The molecule has 3 aliphatic rings. The summed E-state index contributed by atoms with van der Waals surface area (Å²) in [6.45, 7) is 6.52. The van der Waals surface area contributed by atoms with E-state index >= 15 is 0 Å². The first-order valence-electron chi connectivity index (χ1n) is 16.9. The molecule has 2 atom stereocenters. The Hall–Kier alpha value is -3.56. The van der Waals surface area contributed by atoms with Crippen molar-refractivity contribution in [2.24, 2.45) is 5.92 Å². The smallest absolute Gasteiger partial charge is 0.318 e. The summed E-state index contributed by atoms with van der Waals surface area (Å²) in [5.41, 5.74) is 3.73. The molecule has 3 amide bonds. The van der Waals surface area contributed by atoms with E-state index in [2.05, 4.69) is 37.6 Å². The first-order valence-corrected chi connectivity index (χ1v) is 16.9. The van der Waals surface area contributed by atoms with E-state index in [1.807, 2.05) is 62.4 Å². The van der Waals surface area contributed by atoms with Crippen LogP contribution in [-0.4, -0.2) is 90.6 Å². The molecule has 2 saturated carbocycles. The van der Waals surface area contributed by atoms with Crippen molar-refractivity contribution in [1.82, 2.24) is 25.0 Å². The molecule has 0 unspecified atom stereocenters. The molecule has 9 nitrogen and oxygen atoms in total. The van der Waals surface area contributed by atoms with Crippen molar-refractivity contribution in [3.8, 4) is 5.75 Å². The van der Waals surface area contributed by atoms with E-state index in [4.69, 9.17) is 4.74 Å². The zero-order chi connectivity index (χ0) is 31.3. The number of para-hydroxylation sites is 1. The maximum absolute atomic E-state index is 14.3. The molecule has 242 valence electrons. The number of hydrogen-bond acceptors (Lipinski definition) is 5. The minimum absolute atomic E-state index is 0.184. The summed E-state index contributed by atoms with van der Waals surface area (Å²) in [6, 6.07) is 13.8. The van der Waals surface area contributed by atoms with Crippen LogP contribution in [0.25, 0.3) is 10.9 Å². The maximum Gasteiger partial charge on any atom is 0.318 e. The van der Waals surface area contributed by atoms with Crippen LogP contribution in [0.3, 0.4) is 0 Å². The Morgan fingerprint density at radius 1 is 1.00 bits per heavy atom. The maximum atomic E-state index is 14.3. The number of nitrogens with one attached hydrogen (secondary N) is 3. The molecule has 3 N–H and O–H groups in total. The van der Waals surface area contributed by atoms with Gasteiger partial charge in [0, 0.05) is 61.8 Å². The lowest BCUT2D eigenvalue weighted by atomic mass is 9.92. The highest BCUT2D eigenvalue weighted by atomic mass is 16.5. The Morgan fingerprint density at radius 3 is 2.49 bits per heavy atom. The van der Waals surface area contributed by atoms with E-state index in [0.717, 1.165) is 41.7 Å². The summed E-state index contributed by atoms with van der Waals surface area (Å²) in [5, 5.41) is 7.41. The molecule has 6 rings (SSSR count). The van der Waals surface area contributed by atoms with Gasteiger partial charge in [0.25, 0.3) is 0 Å². The number of hydrogen-bond donors (Lipinski definition) is 3. The quantitative estimate of drug-likeness (QED) is 0.254. The number of nitrogens with zero attached hydrogens (tertiary/aromatic N) is 3. The summed E-state index contributed by atoms with van der Waals surface area (Å²) < 4.78 is 6.19. The summed E-state index contributed by atoms with van der Waals surface area (Å²) in [4.78, 5) is 37.9. The second-order valence-corrected chi connectivity index (χ2v) is 13.6. The van der Waals surface area contributed by atoms with Gasteiger partial charge in [-0.1, -0.05) is 50.5 Å². The van der Waals surface area contributed by atoms with Crippen molar-refractivity contribution >= 4 is 28.5 Å². The van der Waals surface area contributed by atoms with Gasteiger partial charge in [0.1, 0.15) is 11.8 Å². The summed E-state index contributed by atoms with van der Waals surface area (Å²) >= 11 is 0. The van der Waals surface area contributed by atoms with E-state index in [-0.39, 0.29) is 17.9 Å². The molecule has 2 heterocycles. The van der Waals surface area contributed by atoms with Gasteiger partial charge < -0.3 is 30.2 Å². The number of urea groups is 1. The Kier molecular flexibility index (Phi) is 9.95. The molecule has 3 aromatic rings. The largest absolute Gasteiger partial charge is 0.491 e. The Morgan fingerprint density at radius 2 is 1.76 bits per heavy atom. The van der Waals surface area contributed by atoms with Gasteiger partial charge in [0.05, 0.1) is 12.3 Å². The standard InChI is InChI=1S/C36H50N6O3/c1-25(30-22-37-31-12-8-7-11-29(30)31)34(39-36(44)42-19-17-41(18-20-42)28-9-5-4-6-10-28)35(43)38-32-21-27(23-40(2)3)15-16-33(32)45-24-26-13-14-26/h7-8,11-12,15-16,21-22,25-26,28,34,37H,4-6,9-10,13-14,17-20,23-24H2,1-3H3,(H,38,43)(H,39,44)/t25-,34+/m0/s1. The summed E-state index contributed by atoms with van der Waals surface area (Å²) in [5.74, 6) is 0.721. The van der Waals surface area contributed by atoms with Crippen molar-refractivity contribution in [2.45, 2.75) is 76.4 Å². The SMILES string of the molecule is C[C@@H](c1c[nH]c2ccccc12)[C@@H](NC(=O)N1CCN(C2CCCCC2)CC1)C(=O)Nc1cc(CN(C)C)ccc1OCC1CC1. The van der Waals surface area contributed by atoms with Crippen molar-refractivity contribution < 1.29 is 14.3 Å². The van der Waals surface area contributed by atoms with Crippen molar-refractivity contribution in [3.63, 3.8) is 0 Å². The van der Waals surface area contributed by atoms with Crippen LogP contribution in [-0.2, 0) is 11.3 Å². The van der Waals surface area contributed by atoms with Gasteiger partial charge >= 0.3 is 6.03 Å². The van der Waals surface area contributed by atoms with Crippen LogP contribution >= 0.6 is 0 Å². The average molecular weight is 615 g/mol. The second kappa shape index (κ2) is 14.3. The van der Waals surface area contributed by atoms with Crippen LogP contribution in [0.1, 0.15) is 68.9 Å². The van der Waals surface area contributed by atoms with E-state index in [1.165, 1.54) is 44.9 Å². The predicted octanol–water partition coefficient (Wildman–Crippen LogP) is 5.79. The van der Waals surface area contributed by atoms with Crippen LogP contribution in [0.5, 0.6) is 5.75 Å². The lowest BCUT2D eigenvalue weighted by Crippen LogP contribution is -2.57. The number of amides is 3. The third-order valence-corrected chi connectivity index (χ3v) is 9.84. The third kappa shape index (κ3) is 7.82. The van der Waals surface area contributed by atoms with Crippen LogP contribution in [0, 0.1) is 5.92 Å². The lowest BCUT2D eigenvalue weighted by molar-refractivity contribution is -0.118. The Labute approximate surface area is 267 Å². The molecule has 2 aliphatic carbocycles. The Bertz CT molecular complexity index is 1450. The van der Waals surface area contributed by atoms with Gasteiger partial charge in [-0.2, -0.15) is 0 Å². The number of aromatic nitrogens is 1. The first kappa shape index (κ1) is 31.4. The van der Waals surface area contributed by atoms with Gasteiger partial charge in [0.15, 0.2) is 0 Å². The highest BCUT2D eigenvalue weighted by Gasteiger charge is 2.34. The molecule has 0 radical (unpaired) electrons. The fourth-order valence-corrected chi connectivity index (χ4v) is 7.00. The van der Waals surface area contributed by atoms with Gasteiger partial charge in [-0.15, -0.1) is 0 Å². The number of carbonyl (C=O) groups is 2. The molecule has 2 aromatic carbocycles. The topological polar surface area (TPSA) is 92.9 Å². The van der Waals surface area contributed by atoms with Gasteiger partial charge in [-0.25, -0.2) is 4.79 Å². The van der Waals surface area contributed by atoms with Crippen LogP contribution < -0.4 is 15.4 Å². The molecule has 3 fully saturated rings. The fraction of sp³-hybridized carbons (Fsp3) is 0.556. The van der Waals surface area contributed by atoms with E-state index in [0.29, 0.717) is 43.1 Å². The fourth-order valence-electron chi connectivity index (χ4n) is 7.00. The molecule has 9 heteroatoms. The lowest BCUT2D eigenvalue weighted by Gasteiger charge is -2.41. The minimum Gasteiger partial charge on any atom is -0.491 e. The predicted molar refractivity (Wildman–Crippen MR) is 180 cm³/mol. The zero-order valence-electron chi connectivity index (χ0n) is 27.2. The highest BCUT2D eigenvalue weighted by Crippen LogP contribution is 2.34. The summed E-state index contributed by atoms with van der Waals surface area (Å²) in [7, 11) is 4.05. The van der Waals surface area contributed by atoms with Crippen LogP contribution in [0.4, 0.5) is 10.5 Å². The van der Waals surface area contributed by atoms with Crippen LogP contribution in [0.2, 0.25) is 0 Å². The number of H-pyrrole nitrogens is 1. The molecule has 0 bridgehead atoms. The number of rotatable bonds is 11. The van der Waals surface area contributed by atoms with Crippen LogP contribution in [0.15, 0.2) is 48.7 Å². The van der Waals surface area contributed by atoms with E-state index in [1.54, 1.807) is 0 Å². The number of piperazine rings is 1. The molecular weight excluding hydrogens is 564 g/mol. The van der Waals surface area contributed by atoms with Crippen molar-refractivity contribution in [1.29, 1.82) is 0 Å². The monoisotopic (exact) mass is 614 g/mol. The number of aromatic amines is 1. The van der Waals surface area contributed by atoms with Gasteiger partial charge in [-0.3, -0.25) is 9.69 Å². The zero-order valence-corrected chi connectivity index (χ0v) is 27.2. The molecular formula is C36H50N6O3. The number of carbonyl (C=O) groups excluding carboxylic acids is 2. The minimum atomic E-state index is -0.790. The third-order valence-electron chi connectivity index (χ3n) is 9.84.